The lowest BCUT2D eigenvalue weighted by atomic mass is 9.98. The van der Waals surface area contributed by atoms with E-state index in [1.807, 2.05) is 6.92 Å². The Hall–Kier alpha value is -1.69. The number of ketones is 1. The number of rotatable bonds is 8. The minimum absolute atomic E-state index is 0.103. The number of nitrogens with zero attached hydrogens (tertiary/aromatic N) is 1. The topological polar surface area (TPSA) is 72.9 Å². The number of carbonyl (C=O) groups is 3. The molecule has 0 aromatic rings. The van der Waals surface area contributed by atoms with Crippen molar-refractivity contribution in [2.24, 2.45) is 5.92 Å². The highest BCUT2D eigenvalue weighted by atomic mass is 16.5. The molecule has 0 aliphatic carbocycles. The lowest BCUT2D eigenvalue weighted by Gasteiger charge is -2.29. The number of esters is 1. The second-order valence-electron chi connectivity index (χ2n) is 5.40. The maximum Gasteiger partial charge on any atom is 0.331 e. The average Bonchev–Trinajstić information content (AvgIpc) is 2.92. The van der Waals surface area contributed by atoms with Gasteiger partial charge < -0.3 is 9.47 Å². The highest BCUT2D eigenvalue weighted by molar-refractivity contribution is 6.01. The minimum atomic E-state index is -0.824. The molecule has 6 heteroatoms. The summed E-state index contributed by atoms with van der Waals surface area (Å²) < 4.78 is 10.3. The molecule has 0 aromatic heterocycles. The van der Waals surface area contributed by atoms with Gasteiger partial charge in [0.25, 0.3) is 0 Å². The van der Waals surface area contributed by atoms with E-state index in [1.54, 1.807) is 0 Å². The van der Waals surface area contributed by atoms with Gasteiger partial charge in [-0.2, -0.15) is 0 Å². The first-order chi connectivity index (χ1) is 10.5. The molecule has 1 saturated heterocycles. The number of ether oxygens (including phenoxy) is 2. The Balaban J connectivity index is 3.01. The van der Waals surface area contributed by atoms with E-state index in [0.717, 1.165) is 12.8 Å². The van der Waals surface area contributed by atoms with E-state index in [9.17, 15) is 14.4 Å². The normalized spacial score (nSPS) is 22.2. The maximum absolute atomic E-state index is 12.8. The van der Waals surface area contributed by atoms with Crippen LogP contribution in [0.2, 0.25) is 0 Å². The van der Waals surface area contributed by atoms with Crippen LogP contribution in [0, 0.1) is 5.92 Å². The summed E-state index contributed by atoms with van der Waals surface area (Å²) in [6, 6.07) is -0.786. The fourth-order valence-electron chi connectivity index (χ4n) is 2.57. The predicted molar refractivity (Wildman–Crippen MR) is 80.9 cm³/mol. The Morgan fingerprint density at radius 3 is 2.64 bits per heavy atom. The first-order valence-electron chi connectivity index (χ1n) is 7.60. The number of amides is 1. The number of hydrogen-bond acceptors (Lipinski definition) is 5. The van der Waals surface area contributed by atoms with Gasteiger partial charge in [-0.25, -0.2) is 4.79 Å². The van der Waals surface area contributed by atoms with Crippen molar-refractivity contribution < 1.29 is 23.9 Å². The van der Waals surface area contributed by atoms with E-state index in [4.69, 9.17) is 9.47 Å². The molecule has 1 fully saturated rings. The number of methoxy groups -OCH3 is 1. The zero-order valence-electron chi connectivity index (χ0n) is 13.5. The molecule has 1 heterocycles. The van der Waals surface area contributed by atoms with Crippen LogP contribution in [0.1, 0.15) is 39.5 Å². The fraction of sp³-hybridized carbons (Fsp3) is 0.688. The zero-order valence-corrected chi connectivity index (χ0v) is 13.5. The van der Waals surface area contributed by atoms with Gasteiger partial charge in [0.15, 0.2) is 6.04 Å². The third kappa shape index (κ3) is 4.16. The second-order valence-corrected chi connectivity index (χ2v) is 5.40. The van der Waals surface area contributed by atoms with Gasteiger partial charge >= 0.3 is 5.97 Å². The molecule has 6 nitrogen and oxygen atoms in total. The number of unbranched alkanes of at least 4 members (excludes halogenated alkanes) is 1. The van der Waals surface area contributed by atoms with Gasteiger partial charge in [-0.3, -0.25) is 14.5 Å². The molecule has 0 aromatic carbocycles. The van der Waals surface area contributed by atoms with Crippen LogP contribution in [0.4, 0.5) is 0 Å². The Labute approximate surface area is 131 Å². The molecule has 1 amide bonds. The van der Waals surface area contributed by atoms with Crippen LogP contribution < -0.4 is 0 Å². The summed E-state index contributed by atoms with van der Waals surface area (Å²) in [5.41, 5.74) is 0. The Morgan fingerprint density at radius 2 is 2.14 bits per heavy atom. The smallest absolute Gasteiger partial charge is 0.331 e. The standard InChI is InChI=1S/C16H25NO5/c1-5-7-9-14-17(13(10-22-14)16(20)21-4)15(19)12(8-6-2)11(3)18/h6,12-14H,2,5,7-10H2,1,3-4H3. The number of Topliss-reactive ketones (excluding diaryl/α,β-unsaturated/α-hetero) is 1. The summed E-state index contributed by atoms with van der Waals surface area (Å²) in [6.45, 7) is 7.10. The molecular formula is C16H25NO5. The summed E-state index contributed by atoms with van der Waals surface area (Å²) in [5.74, 6) is -1.97. The zero-order chi connectivity index (χ0) is 16.7. The van der Waals surface area contributed by atoms with Crippen LogP contribution in [-0.4, -0.2) is 48.5 Å². The Kier molecular flexibility index (Phi) is 7.24. The van der Waals surface area contributed by atoms with Crippen molar-refractivity contribution >= 4 is 17.7 Å². The van der Waals surface area contributed by atoms with E-state index in [1.165, 1.54) is 25.0 Å². The first-order valence-corrected chi connectivity index (χ1v) is 7.60. The van der Waals surface area contributed by atoms with Crippen molar-refractivity contribution in [2.75, 3.05) is 13.7 Å². The molecule has 1 aliphatic rings. The van der Waals surface area contributed by atoms with E-state index in [2.05, 4.69) is 6.58 Å². The number of hydrogen-bond donors (Lipinski definition) is 0. The molecule has 0 N–H and O–H groups in total. The van der Waals surface area contributed by atoms with Crippen molar-refractivity contribution in [2.45, 2.75) is 51.8 Å². The molecule has 3 unspecified atom stereocenters. The van der Waals surface area contributed by atoms with Crippen LogP contribution in [-0.2, 0) is 23.9 Å². The van der Waals surface area contributed by atoms with Gasteiger partial charge in [-0.05, 0) is 26.2 Å². The second kappa shape index (κ2) is 8.68. The van der Waals surface area contributed by atoms with E-state index in [0.29, 0.717) is 6.42 Å². The van der Waals surface area contributed by atoms with Gasteiger partial charge in [0.05, 0.1) is 19.6 Å². The lowest BCUT2D eigenvalue weighted by Crippen LogP contribution is -2.49. The van der Waals surface area contributed by atoms with Gasteiger partial charge in [-0.1, -0.05) is 19.4 Å². The molecule has 124 valence electrons. The SMILES string of the molecule is C=CCC(C(C)=O)C(=O)N1C(CCCC)OCC1C(=O)OC. The summed E-state index contributed by atoms with van der Waals surface area (Å²) in [4.78, 5) is 37.8. The molecule has 0 spiro atoms. The maximum atomic E-state index is 12.8. The van der Waals surface area contributed by atoms with Gasteiger partial charge in [0, 0.05) is 0 Å². The van der Waals surface area contributed by atoms with Crippen LogP contribution in [0.25, 0.3) is 0 Å². The largest absolute Gasteiger partial charge is 0.467 e. The summed E-state index contributed by atoms with van der Waals surface area (Å²) >= 11 is 0. The van der Waals surface area contributed by atoms with Crippen molar-refractivity contribution in [1.82, 2.24) is 4.90 Å². The molecule has 3 atom stereocenters. The van der Waals surface area contributed by atoms with Crippen molar-refractivity contribution in [1.29, 1.82) is 0 Å². The van der Waals surface area contributed by atoms with E-state index < -0.39 is 24.2 Å². The summed E-state index contributed by atoms with van der Waals surface area (Å²) in [6.07, 6.45) is 3.76. The third-order valence-electron chi connectivity index (χ3n) is 3.82. The van der Waals surface area contributed by atoms with Crippen molar-refractivity contribution in [3.8, 4) is 0 Å². The third-order valence-corrected chi connectivity index (χ3v) is 3.82. The summed E-state index contributed by atoms with van der Waals surface area (Å²) in [7, 11) is 1.27. The average molecular weight is 311 g/mol. The van der Waals surface area contributed by atoms with Crippen LogP contribution in [0.3, 0.4) is 0 Å². The molecule has 1 rings (SSSR count). The highest BCUT2D eigenvalue weighted by Gasteiger charge is 2.44. The number of allylic oxidation sites excluding steroid dienone is 1. The minimum Gasteiger partial charge on any atom is -0.467 e. The quantitative estimate of drug-likeness (QED) is 0.387. The molecular weight excluding hydrogens is 286 g/mol. The first kappa shape index (κ1) is 18.4. The monoisotopic (exact) mass is 311 g/mol. The Bertz CT molecular complexity index is 434. The lowest BCUT2D eigenvalue weighted by molar-refractivity contribution is -0.156. The van der Waals surface area contributed by atoms with Gasteiger partial charge in [-0.15, -0.1) is 6.58 Å². The van der Waals surface area contributed by atoms with Gasteiger partial charge in [0.2, 0.25) is 5.91 Å². The number of carbonyl (C=O) groups excluding carboxylic acids is 3. The van der Waals surface area contributed by atoms with Crippen LogP contribution in [0.5, 0.6) is 0 Å². The molecule has 0 bridgehead atoms. The fourth-order valence-corrected chi connectivity index (χ4v) is 2.57. The molecule has 1 aliphatic heterocycles. The van der Waals surface area contributed by atoms with E-state index in [-0.39, 0.29) is 24.7 Å². The molecule has 0 radical (unpaired) electrons. The van der Waals surface area contributed by atoms with E-state index >= 15 is 0 Å². The molecule has 0 saturated carbocycles. The Morgan fingerprint density at radius 1 is 1.45 bits per heavy atom. The van der Waals surface area contributed by atoms with Gasteiger partial charge in [0.1, 0.15) is 12.0 Å². The van der Waals surface area contributed by atoms with Crippen LogP contribution in [0.15, 0.2) is 12.7 Å². The highest BCUT2D eigenvalue weighted by Crippen LogP contribution is 2.26. The van der Waals surface area contributed by atoms with Crippen molar-refractivity contribution in [3.63, 3.8) is 0 Å². The summed E-state index contributed by atoms with van der Waals surface area (Å²) in [5, 5.41) is 0. The predicted octanol–water partition coefficient (Wildman–Crippen LogP) is 1.68. The molecule has 22 heavy (non-hydrogen) atoms. The van der Waals surface area contributed by atoms with Crippen LogP contribution >= 0.6 is 0 Å². The van der Waals surface area contributed by atoms with Crippen molar-refractivity contribution in [3.05, 3.63) is 12.7 Å².